The van der Waals surface area contributed by atoms with Gasteiger partial charge in [0.25, 0.3) is 5.91 Å². The third-order valence-electron chi connectivity index (χ3n) is 4.42. The fourth-order valence-corrected chi connectivity index (χ4v) is 3.19. The Labute approximate surface area is 167 Å². The monoisotopic (exact) mass is 385 g/mol. The van der Waals surface area contributed by atoms with Gasteiger partial charge < -0.3 is 5.32 Å². The third kappa shape index (κ3) is 3.62. The molecule has 3 aromatic heterocycles. The molecule has 0 aliphatic rings. The summed E-state index contributed by atoms with van der Waals surface area (Å²) in [6.07, 6.45) is 6.53. The van der Waals surface area contributed by atoms with Crippen LogP contribution in [0.1, 0.15) is 24.3 Å². The van der Waals surface area contributed by atoms with E-state index in [9.17, 15) is 9.59 Å². The Bertz CT molecular complexity index is 1250. The summed E-state index contributed by atoms with van der Waals surface area (Å²) in [6.45, 7) is 3.74. The molecule has 0 saturated carbocycles. The van der Waals surface area contributed by atoms with Gasteiger partial charge in [0.1, 0.15) is 17.7 Å². The topological polar surface area (TPSA) is 89.8 Å². The Morgan fingerprint density at radius 1 is 1.03 bits per heavy atom. The summed E-state index contributed by atoms with van der Waals surface area (Å²) < 4.78 is 1.71. The van der Waals surface area contributed by atoms with E-state index in [0.29, 0.717) is 16.7 Å². The van der Waals surface area contributed by atoms with Crippen molar-refractivity contribution in [3.63, 3.8) is 0 Å². The van der Waals surface area contributed by atoms with Crippen LogP contribution in [0.3, 0.4) is 0 Å². The van der Waals surface area contributed by atoms with Crippen molar-refractivity contribution in [2.75, 3.05) is 0 Å². The molecule has 0 fully saturated rings. The Morgan fingerprint density at radius 3 is 2.59 bits per heavy atom. The van der Waals surface area contributed by atoms with Crippen LogP contribution in [0.5, 0.6) is 0 Å². The molecule has 1 N–H and O–H groups in total. The first kappa shape index (κ1) is 18.5. The number of carbonyl (C=O) groups excluding carboxylic acids is 1. The van der Waals surface area contributed by atoms with E-state index in [1.807, 2.05) is 38.1 Å². The molecule has 7 heteroatoms. The fourth-order valence-electron chi connectivity index (χ4n) is 3.19. The van der Waals surface area contributed by atoms with Gasteiger partial charge in [-0.15, -0.1) is 0 Å². The molecular weight excluding hydrogens is 366 g/mol. The SMILES string of the molecule is CC(C)NC(=O)c1cc(=O)c2cccnc2n1-c1cccc(-c2cncnc2)c1. The average Bonchev–Trinajstić information content (AvgIpc) is 2.74. The highest BCUT2D eigenvalue weighted by Crippen LogP contribution is 2.24. The average molecular weight is 385 g/mol. The van der Waals surface area contributed by atoms with Crippen molar-refractivity contribution in [1.29, 1.82) is 0 Å². The third-order valence-corrected chi connectivity index (χ3v) is 4.42. The largest absolute Gasteiger partial charge is 0.349 e. The van der Waals surface area contributed by atoms with Crippen LogP contribution < -0.4 is 10.7 Å². The van der Waals surface area contributed by atoms with E-state index in [-0.39, 0.29) is 23.1 Å². The number of nitrogens with one attached hydrogen (secondary N) is 1. The molecule has 0 atom stereocenters. The Kier molecular flexibility index (Phi) is 4.87. The van der Waals surface area contributed by atoms with E-state index < -0.39 is 0 Å². The molecule has 1 amide bonds. The first-order chi connectivity index (χ1) is 14.0. The number of pyridine rings is 2. The second-order valence-corrected chi connectivity index (χ2v) is 6.91. The molecule has 1 aromatic carbocycles. The minimum Gasteiger partial charge on any atom is -0.349 e. The summed E-state index contributed by atoms with van der Waals surface area (Å²) in [4.78, 5) is 38.0. The molecule has 144 valence electrons. The molecule has 29 heavy (non-hydrogen) atoms. The van der Waals surface area contributed by atoms with E-state index in [1.54, 1.807) is 35.3 Å². The highest BCUT2D eigenvalue weighted by atomic mass is 16.2. The molecule has 7 nitrogen and oxygen atoms in total. The lowest BCUT2D eigenvalue weighted by Crippen LogP contribution is -2.33. The van der Waals surface area contributed by atoms with Crippen molar-refractivity contribution in [3.05, 3.63) is 83.3 Å². The van der Waals surface area contributed by atoms with Gasteiger partial charge in [-0.2, -0.15) is 0 Å². The molecule has 0 aliphatic carbocycles. The van der Waals surface area contributed by atoms with Gasteiger partial charge in [0.05, 0.1) is 5.39 Å². The Morgan fingerprint density at radius 2 is 1.83 bits per heavy atom. The Hall–Kier alpha value is -3.87. The first-order valence-electron chi connectivity index (χ1n) is 9.22. The number of nitrogens with zero attached hydrogens (tertiary/aromatic N) is 4. The van der Waals surface area contributed by atoms with Crippen LogP contribution in [0.25, 0.3) is 27.8 Å². The molecule has 0 saturated heterocycles. The number of carbonyl (C=O) groups is 1. The Balaban J connectivity index is 1.99. The zero-order chi connectivity index (χ0) is 20.4. The quantitative estimate of drug-likeness (QED) is 0.583. The van der Waals surface area contributed by atoms with E-state index in [4.69, 9.17) is 0 Å². The lowest BCUT2D eigenvalue weighted by molar-refractivity contribution is 0.0936. The predicted octanol–water partition coefficient (Wildman–Crippen LogP) is 2.98. The van der Waals surface area contributed by atoms with Gasteiger partial charge in [0.15, 0.2) is 5.43 Å². The van der Waals surface area contributed by atoms with Crippen LogP contribution in [0.15, 0.2) is 72.2 Å². The first-order valence-corrected chi connectivity index (χ1v) is 9.22. The van der Waals surface area contributed by atoms with Gasteiger partial charge >= 0.3 is 0 Å². The van der Waals surface area contributed by atoms with Gasteiger partial charge in [-0.05, 0) is 43.7 Å². The van der Waals surface area contributed by atoms with E-state index >= 15 is 0 Å². The highest BCUT2D eigenvalue weighted by molar-refractivity contribution is 5.96. The smallest absolute Gasteiger partial charge is 0.268 e. The van der Waals surface area contributed by atoms with E-state index in [1.165, 1.54) is 12.4 Å². The minimum atomic E-state index is -0.335. The molecule has 3 heterocycles. The highest BCUT2D eigenvalue weighted by Gasteiger charge is 2.18. The summed E-state index contributed by atoms with van der Waals surface area (Å²) in [7, 11) is 0. The van der Waals surface area contributed by atoms with Crippen LogP contribution in [-0.4, -0.2) is 31.5 Å². The summed E-state index contributed by atoms with van der Waals surface area (Å²) in [6, 6.07) is 12.3. The number of aromatic nitrogens is 4. The van der Waals surface area contributed by atoms with Crippen molar-refractivity contribution < 1.29 is 4.79 Å². The van der Waals surface area contributed by atoms with Gasteiger partial charge in [0, 0.05) is 41.9 Å². The molecular formula is C22H19N5O2. The number of hydrogen-bond donors (Lipinski definition) is 1. The fraction of sp³-hybridized carbons (Fsp3) is 0.136. The van der Waals surface area contributed by atoms with E-state index in [0.717, 1.165) is 11.1 Å². The number of amides is 1. The predicted molar refractivity (Wildman–Crippen MR) is 111 cm³/mol. The van der Waals surface area contributed by atoms with Crippen molar-refractivity contribution in [2.45, 2.75) is 19.9 Å². The van der Waals surface area contributed by atoms with Crippen molar-refractivity contribution in [1.82, 2.24) is 24.8 Å². The van der Waals surface area contributed by atoms with Crippen LogP contribution in [0.4, 0.5) is 0 Å². The summed E-state index contributed by atoms with van der Waals surface area (Å²) in [5.74, 6) is -0.335. The molecule has 4 aromatic rings. The number of benzene rings is 1. The maximum Gasteiger partial charge on any atom is 0.268 e. The molecule has 4 rings (SSSR count). The van der Waals surface area contributed by atoms with Crippen LogP contribution in [0, 0.1) is 0 Å². The lowest BCUT2D eigenvalue weighted by atomic mass is 10.1. The maximum atomic E-state index is 12.9. The summed E-state index contributed by atoms with van der Waals surface area (Å²) in [5, 5.41) is 3.31. The van der Waals surface area contributed by atoms with Crippen LogP contribution in [0.2, 0.25) is 0 Å². The van der Waals surface area contributed by atoms with Gasteiger partial charge in [-0.25, -0.2) is 15.0 Å². The number of hydrogen-bond acceptors (Lipinski definition) is 5. The second-order valence-electron chi connectivity index (χ2n) is 6.91. The summed E-state index contributed by atoms with van der Waals surface area (Å²) in [5.41, 5.74) is 2.86. The van der Waals surface area contributed by atoms with Gasteiger partial charge in [-0.1, -0.05) is 12.1 Å². The number of fused-ring (bicyclic) bond motifs is 1. The second kappa shape index (κ2) is 7.63. The minimum absolute atomic E-state index is 0.0710. The van der Waals surface area contributed by atoms with Crippen LogP contribution >= 0.6 is 0 Å². The number of rotatable bonds is 4. The molecule has 0 aliphatic heterocycles. The normalized spacial score (nSPS) is 11.0. The zero-order valence-electron chi connectivity index (χ0n) is 16.0. The van der Waals surface area contributed by atoms with Gasteiger partial charge in [0.2, 0.25) is 0 Å². The van der Waals surface area contributed by atoms with Crippen molar-refractivity contribution in [2.24, 2.45) is 0 Å². The summed E-state index contributed by atoms with van der Waals surface area (Å²) >= 11 is 0. The standard InChI is InChI=1S/C22H19N5O2/c1-14(2)26-22(29)19-10-20(28)18-7-4-8-25-21(18)27(19)17-6-3-5-15(9-17)16-11-23-13-24-12-16/h3-14H,1-2H3,(H,26,29). The zero-order valence-corrected chi connectivity index (χ0v) is 16.0. The van der Waals surface area contributed by atoms with Crippen LogP contribution in [-0.2, 0) is 0 Å². The molecule has 0 radical (unpaired) electrons. The molecule has 0 bridgehead atoms. The van der Waals surface area contributed by atoms with Crippen molar-refractivity contribution in [3.8, 4) is 16.8 Å². The van der Waals surface area contributed by atoms with Gasteiger partial charge in [-0.3, -0.25) is 14.2 Å². The lowest BCUT2D eigenvalue weighted by Gasteiger charge is -2.17. The molecule has 0 spiro atoms. The molecule has 0 unspecified atom stereocenters. The van der Waals surface area contributed by atoms with Crippen molar-refractivity contribution >= 4 is 16.9 Å². The maximum absolute atomic E-state index is 12.9. The van der Waals surface area contributed by atoms with E-state index in [2.05, 4.69) is 20.3 Å².